The van der Waals surface area contributed by atoms with Crippen LogP contribution in [0, 0.1) is 5.92 Å². The minimum Gasteiger partial charge on any atom is -0.375 e. The fourth-order valence-electron chi connectivity index (χ4n) is 3.34. The summed E-state index contributed by atoms with van der Waals surface area (Å²) in [5.74, 6) is -0.384. The molecule has 0 heterocycles. The fraction of sp³-hybridized carbons (Fsp3) is 0.455. The molecule has 1 saturated carbocycles. The van der Waals surface area contributed by atoms with E-state index >= 15 is 0 Å². The lowest BCUT2D eigenvalue weighted by Crippen LogP contribution is -2.10. The predicted molar refractivity (Wildman–Crippen MR) is 101 cm³/mol. The summed E-state index contributed by atoms with van der Waals surface area (Å²) in [7, 11) is 0. The lowest BCUT2D eigenvalue weighted by Gasteiger charge is -2.26. The molecule has 0 atom stereocenters. The second kappa shape index (κ2) is 9.67. The van der Waals surface area contributed by atoms with Crippen molar-refractivity contribution in [3.8, 4) is 0 Å². The molecule has 0 unspecified atom stereocenters. The highest BCUT2D eigenvalue weighted by Crippen LogP contribution is 2.36. The first kappa shape index (κ1) is 19.6. The highest BCUT2D eigenvalue weighted by atomic mass is 19.2. The van der Waals surface area contributed by atoms with Crippen LogP contribution in [0.2, 0.25) is 0 Å². The van der Waals surface area contributed by atoms with E-state index in [0.29, 0.717) is 18.1 Å². The maximum Gasteiger partial charge on any atom is 0.164 e. The van der Waals surface area contributed by atoms with E-state index < -0.39 is 11.7 Å². The minimum absolute atomic E-state index is 0.205. The second-order valence-electron chi connectivity index (χ2n) is 6.75. The first-order chi connectivity index (χ1) is 12.1. The lowest BCUT2D eigenvalue weighted by atomic mass is 9.79. The number of allylic oxidation sites excluding steroid dienone is 4. The SMILES string of the molecule is C=C/C=C(\C(F)=C(\F)COCC)c1ccc(C2CCC(C)CC2)cc1. The van der Waals surface area contributed by atoms with Gasteiger partial charge < -0.3 is 4.74 Å². The fourth-order valence-corrected chi connectivity index (χ4v) is 3.34. The number of rotatable bonds is 7. The molecule has 0 saturated heterocycles. The van der Waals surface area contributed by atoms with Crippen molar-refractivity contribution in [2.75, 3.05) is 13.2 Å². The molecule has 136 valence electrons. The summed E-state index contributed by atoms with van der Waals surface area (Å²) in [5, 5.41) is 0. The van der Waals surface area contributed by atoms with Crippen LogP contribution in [-0.2, 0) is 4.74 Å². The van der Waals surface area contributed by atoms with Gasteiger partial charge in [0.2, 0.25) is 0 Å². The molecule has 1 aromatic rings. The van der Waals surface area contributed by atoms with E-state index in [-0.39, 0.29) is 12.2 Å². The minimum atomic E-state index is -0.889. The molecule has 0 spiro atoms. The summed E-state index contributed by atoms with van der Waals surface area (Å²) in [5.41, 5.74) is 2.14. The number of hydrogen-bond acceptors (Lipinski definition) is 1. The van der Waals surface area contributed by atoms with E-state index in [1.807, 2.05) is 24.3 Å². The van der Waals surface area contributed by atoms with Crippen LogP contribution < -0.4 is 0 Å². The van der Waals surface area contributed by atoms with Crippen LogP contribution >= 0.6 is 0 Å². The molecule has 1 nitrogen and oxygen atoms in total. The van der Waals surface area contributed by atoms with Crippen LogP contribution in [0.3, 0.4) is 0 Å². The van der Waals surface area contributed by atoms with Crippen molar-refractivity contribution in [3.63, 3.8) is 0 Å². The van der Waals surface area contributed by atoms with Crippen molar-refractivity contribution in [2.24, 2.45) is 5.92 Å². The average molecular weight is 346 g/mol. The van der Waals surface area contributed by atoms with Crippen molar-refractivity contribution in [1.29, 1.82) is 0 Å². The zero-order chi connectivity index (χ0) is 18.2. The normalized spacial score (nSPS) is 22.5. The summed E-state index contributed by atoms with van der Waals surface area (Å²) in [6.07, 6.45) is 7.89. The van der Waals surface area contributed by atoms with Gasteiger partial charge in [-0.2, -0.15) is 0 Å². The van der Waals surface area contributed by atoms with Gasteiger partial charge in [0.15, 0.2) is 11.7 Å². The molecule has 1 aliphatic rings. The topological polar surface area (TPSA) is 9.23 Å². The summed E-state index contributed by atoms with van der Waals surface area (Å²) < 4.78 is 33.4. The maximum absolute atomic E-state index is 14.5. The van der Waals surface area contributed by atoms with Gasteiger partial charge in [-0.05, 0) is 42.7 Å². The Morgan fingerprint density at radius 3 is 2.36 bits per heavy atom. The number of halogens is 2. The van der Waals surface area contributed by atoms with Crippen molar-refractivity contribution in [2.45, 2.75) is 45.4 Å². The van der Waals surface area contributed by atoms with Crippen LogP contribution in [0.4, 0.5) is 8.78 Å². The average Bonchev–Trinajstić information content (AvgIpc) is 2.64. The lowest BCUT2D eigenvalue weighted by molar-refractivity contribution is 0.153. The number of ether oxygens (including phenoxy) is 1. The van der Waals surface area contributed by atoms with Crippen LogP contribution in [0.5, 0.6) is 0 Å². The molecular formula is C22H28F2O. The maximum atomic E-state index is 14.5. The van der Waals surface area contributed by atoms with Crippen LogP contribution in [0.1, 0.15) is 56.6 Å². The van der Waals surface area contributed by atoms with Crippen LogP contribution in [0.25, 0.3) is 5.57 Å². The zero-order valence-electron chi connectivity index (χ0n) is 15.2. The van der Waals surface area contributed by atoms with Crippen LogP contribution in [-0.4, -0.2) is 13.2 Å². The van der Waals surface area contributed by atoms with Gasteiger partial charge in [0.25, 0.3) is 0 Å². The molecule has 3 heteroatoms. The van der Waals surface area contributed by atoms with Crippen molar-refractivity contribution in [1.82, 2.24) is 0 Å². The van der Waals surface area contributed by atoms with E-state index in [4.69, 9.17) is 4.74 Å². The highest BCUT2D eigenvalue weighted by Gasteiger charge is 2.20. The van der Waals surface area contributed by atoms with Gasteiger partial charge in [0.05, 0.1) is 0 Å². The Labute approximate surface area is 150 Å². The number of benzene rings is 1. The Kier molecular flexibility index (Phi) is 7.57. The molecule has 1 fully saturated rings. The van der Waals surface area contributed by atoms with Gasteiger partial charge >= 0.3 is 0 Å². The zero-order valence-corrected chi connectivity index (χ0v) is 15.2. The Balaban J connectivity index is 2.19. The van der Waals surface area contributed by atoms with E-state index in [1.54, 1.807) is 6.92 Å². The van der Waals surface area contributed by atoms with Crippen molar-refractivity contribution >= 4 is 5.57 Å². The van der Waals surface area contributed by atoms with E-state index in [0.717, 1.165) is 5.92 Å². The highest BCUT2D eigenvalue weighted by molar-refractivity contribution is 5.78. The van der Waals surface area contributed by atoms with Gasteiger partial charge in [-0.3, -0.25) is 0 Å². The molecule has 0 amide bonds. The van der Waals surface area contributed by atoms with Crippen LogP contribution in [0.15, 0.2) is 54.7 Å². The molecule has 2 rings (SSSR count). The molecule has 0 N–H and O–H groups in total. The first-order valence-corrected chi connectivity index (χ1v) is 9.12. The molecule has 0 radical (unpaired) electrons. The Morgan fingerprint density at radius 1 is 1.16 bits per heavy atom. The van der Waals surface area contributed by atoms with Gasteiger partial charge in [0.1, 0.15) is 6.61 Å². The number of hydrogen-bond donors (Lipinski definition) is 0. The third-order valence-electron chi connectivity index (χ3n) is 4.90. The Bertz CT molecular complexity index is 620. The quantitative estimate of drug-likeness (QED) is 0.497. The predicted octanol–water partition coefficient (Wildman–Crippen LogP) is 6.74. The summed E-state index contributed by atoms with van der Waals surface area (Å²) in [4.78, 5) is 0. The first-order valence-electron chi connectivity index (χ1n) is 9.12. The summed E-state index contributed by atoms with van der Waals surface area (Å²) >= 11 is 0. The molecule has 1 aromatic carbocycles. The molecule has 0 bridgehead atoms. The summed E-state index contributed by atoms with van der Waals surface area (Å²) in [6, 6.07) is 7.83. The molecule has 25 heavy (non-hydrogen) atoms. The van der Waals surface area contributed by atoms with Gasteiger partial charge in [-0.15, -0.1) is 0 Å². The standard InChI is InChI=1S/C22H28F2O/c1-4-6-20(22(24)21(23)15-25-5-2)19-13-11-18(12-14-19)17-9-7-16(3)8-10-17/h4,6,11-14,16-17H,1,5,7-10,15H2,2-3H3/b20-6-,22-21-. The van der Waals surface area contributed by atoms with Crippen molar-refractivity contribution < 1.29 is 13.5 Å². The molecule has 0 aromatic heterocycles. The van der Waals surface area contributed by atoms with E-state index in [9.17, 15) is 8.78 Å². The summed E-state index contributed by atoms with van der Waals surface area (Å²) in [6.45, 7) is 7.65. The molecule has 1 aliphatic carbocycles. The molecule has 0 aliphatic heterocycles. The van der Waals surface area contributed by atoms with E-state index in [2.05, 4.69) is 13.5 Å². The molecular weight excluding hydrogens is 318 g/mol. The largest absolute Gasteiger partial charge is 0.375 e. The monoisotopic (exact) mass is 346 g/mol. The van der Waals surface area contributed by atoms with Gasteiger partial charge in [-0.25, -0.2) is 8.78 Å². The van der Waals surface area contributed by atoms with Gasteiger partial charge in [0, 0.05) is 12.2 Å². The second-order valence-corrected chi connectivity index (χ2v) is 6.75. The third kappa shape index (κ3) is 5.37. The Hall–Kier alpha value is -1.74. The smallest absolute Gasteiger partial charge is 0.164 e. The van der Waals surface area contributed by atoms with Gasteiger partial charge in [-0.1, -0.05) is 62.8 Å². The van der Waals surface area contributed by atoms with E-state index in [1.165, 1.54) is 43.4 Å². The Morgan fingerprint density at radius 2 is 1.80 bits per heavy atom. The third-order valence-corrected chi connectivity index (χ3v) is 4.90. The van der Waals surface area contributed by atoms with Crippen molar-refractivity contribution in [3.05, 3.63) is 65.8 Å².